The van der Waals surface area contributed by atoms with Gasteiger partial charge < -0.3 is 25.0 Å². The number of carbonyl (C=O) groups is 1. The van der Waals surface area contributed by atoms with Crippen molar-refractivity contribution in [1.82, 2.24) is 15.5 Å². The Morgan fingerprint density at radius 3 is 2.44 bits per heavy atom. The number of benzene rings is 1. The molecule has 10 heteroatoms. The summed E-state index contributed by atoms with van der Waals surface area (Å²) in [6.07, 6.45) is 3.39. The summed E-state index contributed by atoms with van der Waals surface area (Å²) in [4.78, 5) is 18.7. The maximum atomic E-state index is 12.7. The lowest BCUT2D eigenvalue weighted by atomic mass is 9.98. The molecule has 2 rings (SSSR count). The lowest BCUT2D eigenvalue weighted by Gasteiger charge is -2.34. The van der Waals surface area contributed by atoms with Crippen LogP contribution in [0, 0.1) is 5.92 Å². The Bertz CT molecular complexity index is 740. The Labute approximate surface area is 206 Å². The molecule has 0 aromatic heterocycles. The van der Waals surface area contributed by atoms with Gasteiger partial charge >= 0.3 is 6.61 Å². The molecule has 0 unspecified atom stereocenters. The van der Waals surface area contributed by atoms with Gasteiger partial charge in [0.15, 0.2) is 5.96 Å². The van der Waals surface area contributed by atoms with Crippen molar-refractivity contribution < 1.29 is 23.0 Å². The van der Waals surface area contributed by atoms with Gasteiger partial charge in [0.05, 0.1) is 7.11 Å². The molecule has 1 heterocycles. The van der Waals surface area contributed by atoms with Crippen LogP contribution in [0.4, 0.5) is 8.78 Å². The van der Waals surface area contributed by atoms with Crippen LogP contribution in [-0.4, -0.2) is 56.7 Å². The van der Waals surface area contributed by atoms with E-state index in [1.54, 1.807) is 19.2 Å². The fourth-order valence-corrected chi connectivity index (χ4v) is 3.72. The Balaban J connectivity index is 0.00000512. The first-order chi connectivity index (χ1) is 14.9. The molecule has 1 aromatic rings. The molecule has 0 saturated carbocycles. The van der Waals surface area contributed by atoms with Crippen molar-refractivity contribution in [2.75, 3.05) is 27.2 Å². The third-order valence-electron chi connectivity index (χ3n) is 5.64. The molecule has 1 fully saturated rings. The number of rotatable bonds is 9. The molecule has 7 nitrogen and oxygen atoms in total. The molecule has 0 aliphatic carbocycles. The number of methoxy groups -OCH3 is 1. The first kappa shape index (κ1) is 28.2. The first-order valence-corrected chi connectivity index (χ1v) is 10.8. The zero-order chi connectivity index (χ0) is 22.8. The van der Waals surface area contributed by atoms with Crippen molar-refractivity contribution in [3.8, 4) is 11.5 Å². The molecule has 32 heavy (non-hydrogen) atoms. The van der Waals surface area contributed by atoms with Gasteiger partial charge in [0.25, 0.3) is 0 Å². The van der Waals surface area contributed by atoms with Gasteiger partial charge in [-0.2, -0.15) is 8.78 Å². The van der Waals surface area contributed by atoms with Gasteiger partial charge in [0.2, 0.25) is 5.91 Å². The summed E-state index contributed by atoms with van der Waals surface area (Å²) in [5.41, 5.74) is 0.564. The molecule has 1 saturated heterocycles. The number of nitrogens with one attached hydrogen (secondary N) is 2. The Kier molecular flexibility index (Phi) is 12.6. The van der Waals surface area contributed by atoms with Gasteiger partial charge in [-0.25, -0.2) is 0 Å². The number of nitrogens with zero attached hydrogens (tertiary/aromatic N) is 2. The number of guanidine groups is 1. The summed E-state index contributed by atoms with van der Waals surface area (Å²) >= 11 is 0. The minimum absolute atomic E-state index is 0. The van der Waals surface area contributed by atoms with E-state index in [1.807, 2.05) is 4.90 Å². The second-order valence-electron chi connectivity index (χ2n) is 7.54. The zero-order valence-electron chi connectivity index (χ0n) is 19.2. The normalized spacial score (nSPS) is 14.9. The fraction of sp³-hybridized carbons (Fsp3) is 0.636. The summed E-state index contributed by atoms with van der Waals surface area (Å²) in [6, 6.07) is 4.99. The highest BCUT2D eigenvalue weighted by Crippen LogP contribution is 2.26. The second kappa shape index (κ2) is 14.3. The van der Waals surface area contributed by atoms with Crippen molar-refractivity contribution in [2.24, 2.45) is 10.9 Å². The molecule has 1 aromatic carbocycles. The van der Waals surface area contributed by atoms with Crippen molar-refractivity contribution in [3.63, 3.8) is 0 Å². The van der Waals surface area contributed by atoms with Crippen LogP contribution in [0.3, 0.4) is 0 Å². The fourth-order valence-electron chi connectivity index (χ4n) is 3.72. The van der Waals surface area contributed by atoms with Gasteiger partial charge in [-0.1, -0.05) is 13.8 Å². The summed E-state index contributed by atoms with van der Waals surface area (Å²) in [7, 11) is 3.13. The Morgan fingerprint density at radius 1 is 1.25 bits per heavy atom. The van der Waals surface area contributed by atoms with E-state index >= 15 is 0 Å². The SMILES string of the molecule is CCC(CC)C(=O)N1CCC(NC(=NC)NCc2ccc(OC)cc2OC(F)F)CC1.I. The van der Waals surface area contributed by atoms with Crippen LogP contribution < -0.4 is 20.1 Å². The van der Waals surface area contributed by atoms with E-state index in [1.165, 1.54) is 13.2 Å². The van der Waals surface area contributed by atoms with Crippen LogP contribution in [0.2, 0.25) is 0 Å². The van der Waals surface area contributed by atoms with E-state index in [0.717, 1.165) is 38.8 Å². The van der Waals surface area contributed by atoms with Crippen LogP contribution >= 0.6 is 24.0 Å². The number of aliphatic imine (C=N–C) groups is 1. The van der Waals surface area contributed by atoms with Gasteiger partial charge in [0.1, 0.15) is 11.5 Å². The quantitative estimate of drug-likeness (QED) is 0.268. The molecule has 1 aliphatic heterocycles. The molecule has 0 bridgehead atoms. The lowest BCUT2D eigenvalue weighted by molar-refractivity contribution is -0.136. The highest BCUT2D eigenvalue weighted by atomic mass is 127. The predicted octanol–water partition coefficient (Wildman–Crippen LogP) is 4.01. The van der Waals surface area contributed by atoms with Gasteiger partial charge in [-0.05, 0) is 37.8 Å². The second-order valence-corrected chi connectivity index (χ2v) is 7.54. The number of likely N-dealkylation sites (tertiary alicyclic amines) is 1. The van der Waals surface area contributed by atoms with Crippen LogP contribution in [0.5, 0.6) is 11.5 Å². The van der Waals surface area contributed by atoms with Crippen LogP contribution in [0.25, 0.3) is 0 Å². The van der Waals surface area contributed by atoms with Gasteiger partial charge in [0, 0.05) is 50.3 Å². The maximum absolute atomic E-state index is 12.7. The number of carbonyl (C=O) groups excluding carboxylic acids is 1. The molecule has 2 N–H and O–H groups in total. The minimum atomic E-state index is -2.92. The number of amides is 1. The van der Waals surface area contributed by atoms with Crippen molar-refractivity contribution >= 4 is 35.8 Å². The zero-order valence-corrected chi connectivity index (χ0v) is 21.5. The first-order valence-electron chi connectivity index (χ1n) is 10.8. The van der Waals surface area contributed by atoms with E-state index in [2.05, 4.69) is 34.2 Å². The summed E-state index contributed by atoms with van der Waals surface area (Å²) in [6.45, 7) is 2.88. The van der Waals surface area contributed by atoms with Crippen molar-refractivity contribution in [2.45, 2.75) is 58.7 Å². The predicted molar refractivity (Wildman–Crippen MR) is 132 cm³/mol. The highest BCUT2D eigenvalue weighted by Gasteiger charge is 2.26. The standard InChI is InChI=1S/C22H34F2N4O3.HI/c1-5-15(6-2)20(29)28-11-9-17(10-12-28)27-22(25-3)26-14-16-7-8-18(30-4)13-19(16)31-21(23)24;/h7-8,13,15,17,21H,5-6,9-12,14H2,1-4H3,(H2,25,26,27);1H. The number of alkyl halides is 2. The van der Waals surface area contributed by atoms with E-state index in [0.29, 0.717) is 17.3 Å². The molecule has 182 valence electrons. The van der Waals surface area contributed by atoms with Crippen LogP contribution in [0.15, 0.2) is 23.2 Å². The Hall–Kier alpha value is -1.85. The third-order valence-corrected chi connectivity index (χ3v) is 5.64. The average Bonchev–Trinajstić information content (AvgIpc) is 2.77. The number of piperidine rings is 1. The number of ether oxygens (including phenoxy) is 2. The Morgan fingerprint density at radius 2 is 1.91 bits per heavy atom. The smallest absolute Gasteiger partial charge is 0.387 e. The largest absolute Gasteiger partial charge is 0.497 e. The molecular weight excluding hydrogens is 533 g/mol. The lowest BCUT2D eigenvalue weighted by Crippen LogP contribution is -2.50. The number of halogens is 3. The minimum Gasteiger partial charge on any atom is -0.497 e. The molecule has 0 atom stereocenters. The molecule has 1 amide bonds. The molecule has 1 aliphatic rings. The van der Waals surface area contributed by atoms with E-state index in [4.69, 9.17) is 4.74 Å². The van der Waals surface area contributed by atoms with E-state index < -0.39 is 6.61 Å². The summed E-state index contributed by atoms with van der Waals surface area (Å²) in [5.74, 6) is 1.43. The number of hydrogen-bond donors (Lipinski definition) is 2. The average molecular weight is 568 g/mol. The topological polar surface area (TPSA) is 75.2 Å². The van der Waals surface area contributed by atoms with E-state index in [-0.39, 0.29) is 54.1 Å². The third kappa shape index (κ3) is 8.25. The van der Waals surface area contributed by atoms with Crippen LogP contribution in [0.1, 0.15) is 45.1 Å². The molecule has 0 spiro atoms. The molecule has 0 radical (unpaired) electrons. The van der Waals surface area contributed by atoms with Gasteiger partial charge in [-0.3, -0.25) is 9.79 Å². The monoisotopic (exact) mass is 568 g/mol. The molecular formula is C22H35F2IN4O3. The van der Waals surface area contributed by atoms with Crippen molar-refractivity contribution in [3.05, 3.63) is 23.8 Å². The van der Waals surface area contributed by atoms with E-state index in [9.17, 15) is 13.6 Å². The highest BCUT2D eigenvalue weighted by molar-refractivity contribution is 14.0. The number of hydrogen-bond acceptors (Lipinski definition) is 4. The van der Waals surface area contributed by atoms with Gasteiger partial charge in [-0.15, -0.1) is 24.0 Å². The van der Waals surface area contributed by atoms with Crippen LogP contribution in [-0.2, 0) is 11.3 Å². The van der Waals surface area contributed by atoms with Crippen molar-refractivity contribution in [1.29, 1.82) is 0 Å². The summed E-state index contributed by atoms with van der Waals surface area (Å²) in [5, 5.41) is 6.51. The summed E-state index contributed by atoms with van der Waals surface area (Å²) < 4.78 is 35.2. The maximum Gasteiger partial charge on any atom is 0.387 e.